The third-order valence-corrected chi connectivity index (χ3v) is 4.09. The largest absolute Gasteiger partial charge is 0.416 e. The van der Waals surface area contributed by atoms with E-state index in [1.165, 1.54) is 30.3 Å². The second-order valence-corrected chi connectivity index (χ2v) is 6.41. The average Bonchev–Trinajstić information content (AvgIpc) is 2.46. The molecule has 128 valence electrons. The summed E-state index contributed by atoms with van der Waals surface area (Å²) in [6.45, 7) is 0. The molecular weight excluding hydrogens is 347 g/mol. The Balaban J connectivity index is 2.26. The number of nitrogens with two attached hydrogens (primary N) is 1. The van der Waals surface area contributed by atoms with Crippen LogP contribution in [0.5, 0.6) is 5.75 Å². The van der Waals surface area contributed by atoms with Crippen LogP contribution in [0.15, 0.2) is 48.5 Å². The highest BCUT2D eigenvalue weighted by Crippen LogP contribution is 2.30. The molecule has 0 fully saturated rings. The Kier molecular flexibility index (Phi) is 4.83. The molecule has 0 aliphatic carbocycles. The monoisotopic (exact) mass is 359 g/mol. The molecule has 0 saturated carbocycles. The summed E-state index contributed by atoms with van der Waals surface area (Å²) in [4.78, 5) is 11.2. The quantitative estimate of drug-likeness (QED) is 0.832. The molecule has 0 aliphatic heterocycles. The zero-order valence-corrected chi connectivity index (χ0v) is 12.9. The molecule has 9 heteroatoms. The van der Waals surface area contributed by atoms with Gasteiger partial charge in [-0.2, -0.15) is 21.6 Å². The van der Waals surface area contributed by atoms with Gasteiger partial charge in [0, 0.05) is 0 Å². The number of hydrogen-bond acceptors (Lipinski definition) is 4. The SMILES string of the molecule is NC(=O)c1ccccc1OS(=O)(=O)Cc1cccc(C(F)(F)F)c1. The van der Waals surface area contributed by atoms with Crippen LogP contribution in [0.4, 0.5) is 13.2 Å². The third kappa shape index (κ3) is 4.48. The van der Waals surface area contributed by atoms with Gasteiger partial charge in [-0.25, -0.2) is 0 Å². The van der Waals surface area contributed by atoms with Crippen molar-refractivity contribution in [3.05, 3.63) is 65.2 Å². The number of rotatable bonds is 5. The lowest BCUT2D eigenvalue weighted by Crippen LogP contribution is -2.17. The molecule has 1 amide bonds. The van der Waals surface area contributed by atoms with E-state index in [2.05, 4.69) is 0 Å². The van der Waals surface area contributed by atoms with Gasteiger partial charge in [-0.1, -0.05) is 30.3 Å². The first-order valence-electron chi connectivity index (χ1n) is 6.55. The smallest absolute Gasteiger partial charge is 0.381 e. The molecule has 2 aromatic carbocycles. The summed E-state index contributed by atoms with van der Waals surface area (Å²) in [6, 6.07) is 9.29. The molecule has 0 aliphatic rings. The van der Waals surface area contributed by atoms with Crippen LogP contribution in [0.25, 0.3) is 0 Å². The summed E-state index contributed by atoms with van der Waals surface area (Å²) < 4.78 is 66.9. The summed E-state index contributed by atoms with van der Waals surface area (Å²) in [6.07, 6.45) is -4.58. The van der Waals surface area contributed by atoms with Crippen molar-refractivity contribution in [2.45, 2.75) is 11.9 Å². The Morgan fingerprint density at radius 1 is 1.08 bits per heavy atom. The minimum atomic E-state index is -4.58. The maximum atomic E-state index is 12.7. The van der Waals surface area contributed by atoms with Gasteiger partial charge in [-0.3, -0.25) is 4.79 Å². The van der Waals surface area contributed by atoms with E-state index in [-0.39, 0.29) is 16.9 Å². The number of para-hydroxylation sites is 1. The number of primary amides is 1. The molecular formula is C15H12F3NO4S. The van der Waals surface area contributed by atoms with Crippen molar-refractivity contribution < 1.29 is 30.6 Å². The van der Waals surface area contributed by atoms with Gasteiger partial charge in [-0.05, 0) is 23.8 Å². The van der Waals surface area contributed by atoms with Crippen LogP contribution < -0.4 is 9.92 Å². The van der Waals surface area contributed by atoms with E-state index in [0.717, 1.165) is 18.2 Å². The predicted molar refractivity (Wildman–Crippen MR) is 79.7 cm³/mol. The van der Waals surface area contributed by atoms with Crippen LogP contribution in [-0.2, 0) is 22.0 Å². The maximum Gasteiger partial charge on any atom is 0.416 e. The molecule has 0 spiro atoms. The topological polar surface area (TPSA) is 86.5 Å². The Morgan fingerprint density at radius 3 is 2.38 bits per heavy atom. The summed E-state index contributed by atoms with van der Waals surface area (Å²) in [5.41, 5.74) is 3.91. The standard InChI is InChI=1S/C15H12F3NO4S/c16-15(17,18)11-5-3-4-10(8-11)9-24(21,22)23-13-7-2-1-6-12(13)14(19)20/h1-8H,9H2,(H2,19,20). The Bertz CT molecular complexity index is 863. The number of carbonyl (C=O) groups excluding carboxylic acids is 1. The van der Waals surface area contributed by atoms with Crippen molar-refractivity contribution in [1.29, 1.82) is 0 Å². The summed E-state index contributed by atoms with van der Waals surface area (Å²) >= 11 is 0. The minimum absolute atomic E-state index is 0.0959. The number of alkyl halides is 3. The Hall–Kier alpha value is -2.55. The van der Waals surface area contributed by atoms with E-state index in [1.54, 1.807) is 0 Å². The number of amides is 1. The molecule has 24 heavy (non-hydrogen) atoms. The first-order chi connectivity index (χ1) is 11.1. The number of hydrogen-bond donors (Lipinski definition) is 1. The van der Waals surface area contributed by atoms with Gasteiger partial charge >= 0.3 is 16.3 Å². The zero-order valence-electron chi connectivity index (χ0n) is 12.1. The second kappa shape index (κ2) is 6.52. The second-order valence-electron chi connectivity index (χ2n) is 4.84. The summed E-state index contributed by atoms with van der Waals surface area (Å²) in [5.74, 6) is -1.96. The van der Waals surface area contributed by atoms with Crippen molar-refractivity contribution >= 4 is 16.0 Å². The lowest BCUT2D eigenvalue weighted by atomic mass is 10.1. The molecule has 2 aromatic rings. The fraction of sp³-hybridized carbons (Fsp3) is 0.133. The maximum absolute atomic E-state index is 12.7. The van der Waals surface area contributed by atoms with Crippen LogP contribution in [0.2, 0.25) is 0 Å². The van der Waals surface area contributed by atoms with Crippen LogP contribution in [0, 0.1) is 0 Å². The zero-order chi connectivity index (χ0) is 18.0. The van der Waals surface area contributed by atoms with Crippen molar-refractivity contribution in [1.82, 2.24) is 0 Å². The Morgan fingerprint density at radius 2 is 1.75 bits per heavy atom. The fourth-order valence-corrected chi connectivity index (χ4v) is 3.02. The van der Waals surface area contributed by atoms with E-state index in [0.29, 0.717) is 0 Å². The van der Waals surface area contributed by atoms with E-state index < -0.39 is 33.5 Å². The fourth-order valence-electron chi connectivity index (χ4n) is 1.95. The van der Waals surface area contributed by atoms with E-state index in [1.807, 2.05) is 0 Å². The number of benzene rings is 2. The van der Waals surface area contributed by atoms with Gasteiger partial charge in [0.1, 0.15) is 5.75 Å². The third-order valence-electron chi connectivity index (χ3n) is 2.97. The molecule has 2 N–H and O–H groups in total. The van der Waals surface area contributed by atoms with Gasteiger partial charge in [0.05, 0.1) is 11.1 Å². The molecule has 0 bridgehead atoms. The molecule has 0 atom stereocenters. The van der Waals surface area contributed by atoms with Gasteiger partial charge < -0.3 is 9.92 Å². The Labute approximate surface area is 136 Å². The predicted octanol–water partition coefficient (Wildman–Crippen LogP) is 2.71. The molecule has 0 saturated heterocycles. The first kappa shape index (κ1) is 17.8. The summed E-state index contributed by atoms with van der Waals surface area (Å²) in [7, 11) is -4.28. The molecule has 0 aromatic heterocycles. The highest BCUT2D eigenvalue weighted by atomic mass is 32.2. The van der Waals surface area contributed by atoms with Crippen molar-refractivity contribution in [2.75, 3.05) is 0 Å². The number of halogens is 3. The average molecular weight is 359 g/mol. The van der Waals surface area contributed by atoms with E-state index >= 15 is 0 Å². The van der Waals surface area contributed by atoms with Gasteiger partial charge in [-0.15, -0.1) is 0 Å². The van der Waals surface area contributed by atoms with Crippen molar-refractivity contribution in [3.63, 3.8) is 0 Å². The van der Waals surface area contributed by atoms with Gasteiger partial charge in [0.25, 0.3) is 5.91 Å². The van der Waals surface area contributed by atoms with Gasteiger partial charge in [0.15, 0.2) is 5.75 Å². The molecule has 0 heterocycles. The lowest BCUT2D eigenvalue weighted by Gasteiger charge is -2.11. The van der Waals surface area contributed by atoms with E-state index in [9.17, 15) is 26.4 Å². The van der Waals surface area contributed by atoms with Crippen LogP contribution in [0.3, 0.4) is 0 Å². The normalized spacial score (nSPS) is 12.0. The minimum Gasteiger partial charge on any atom is -0.381 e. The summed E-state index contributed by atoms with van der Waals surface area (Å²) in [5, 5.41) is 0. The highest BCUT2D eigenvalue weighted by Gasteiger charge is 2.30. The van der Waals surface area contributed by atoms with Crippen molar-refractivity contribution in [3.8, 4) is 5.75 Å². The van der Waals surface area contributed by atoms with E-state index in [4.69, 9.17) is 9.92 Å². The number of carbonyl (C=O) groups is 1. The van der Waals surface area contributed by atoms with Gasteiger partial charge in [0.2, 0.25) is 0 Å². The molecule has 2 rings (SSSR count). The molecule has 5 nitrogen and oxygen atoms in total. The lowest BCUT2D eigenvalue weighted by molar-refractivity contribution is -0.137. The highest BCUT2D eigenvalue weighted by molar-refractivity contribution is 7.86. The van der Waals surface area contributed by atoms with Crippen molar-refractivity contribution in [2.24, 2.45) is 5.73 Å². The van der Waals surface area contributed by atoms with Crippen LogP contribution in [0.1, 0.15) is 21.5 Å². The van der Waals surface area contributed by atoms with Crippen LogP contribution in [-0.4, -0.2) is 14.3 Å². The first-order valence-corrected chi connectivity index (χ1v) is 8.13. The molecule has 0 radical (unpaired) electrons. The molecule has 0 unspecified atom stereocenters. The van der Waals surface area contributed by atoms with Crippen LogP contribution >= 0.6 is 0 Å².